The topological polar surface area (TPSA) is 54.9 Å². The molecule has 0 aliphatic heterocycles. The van der Waals surface area contributed by atoms with Gasteiger partial charge in [0.1, 0.15) is 11.6 Å². The van der Waals surface area contributed by atoms with Crippen LogP contribution in [-0.2, 0) is 17.6 Å². The molecule has 0 aliphatic carbocycles. The molecule has 2 aromatic carbocycles. The van der Waals surface area contributed by atoms with Crippen LogP contribution in [0.3, 0.4) is 0 Å². The molecule has 4 rings (SSSR count). The Morgan fingerprint density at radius 2 is 1.93 bits per heavy atom. The van der Waals surface area contributed by atoms with Gasteiger partial charge in [-0.2, -0.15) is 0 Å². The van der Waals surface area contributed by atoms with Gasteiger partial charge in [-0.15, -0.1) is 11.3 Å². The van der Waals surface area contributed by atoms with Crippen molar-refractivity contribution in [1.29, 1.82) is 0 Å². The number of amides is 1. The van der Waals surface area contributed by atoms with Crippen LogP contribution < -0.4 is 5.32 Å². The number of nitrogens with zero attached hydrogens (tertiary/aromatic N) is 2. The van der Waals surface area contributed by atoms with Gasteiger partial charge in [-0.25, -0.2) is 14.4 Å². The number of hydrogen-bond donors (Lipinski definition) is 1. The second kappa shape index (κ2) is 7.86. The van der Waals surface area contributed by atoms with Crippen LogP contribution in [0, 0.1) is 12.7 Å². The predicted octanol–water partition coefficient (Wildman–Crippen LogP) is 4.91. The minimum absolute atomic E-state index is 0.192. The molecule has 6 heteroatoms. The summed E-state index contributed by atoms with van der Waals surface area (Å²) in [5.41, 5.74) is 2.08. The minimum atomic E-state index is -0.436. The van der Waals surface area contributed by atoms with Crippen LogP contribution in [0.25, 0.3) is 10.8 Å². The Morgan fingerprint density at radius 3 is 2.75 bits per heavy atom. The molecule has 1 N–H and O–H groups in total. The van der Waals surface area contributed by atoms with Crippen LogP contribution in [-0.4, -0.2) is 15.9 Å². The summed E-state index contributed by atoms with van der Waals surface area (Å²) in [6.45, 7) is 1.92. The number of hydrogen-bond acceptors (Lipinski definition) is 4. The highest BCUT2D eigenvalue weighted by atomic mass is 32.1. The van der Waals surface area contributed by atoms with E-state index in [1.54, 1.807) is 11.3 Å². The highest BCUT2D eigenvalue weighted by Crippen LogP contribution is 2.25. The van der Waals surface area contributed by atoms with E-state index in [1.807, 2.05) is 19.1 Å². The number of fused-ring (bicyclic) bond motifs is 1. The van der Waals surface area contributed by atoms with Gasteiger partial charge in [-0.1, -0.05) is 42.5 Å². The molecule has 2 aromatic heterocycles. The van der Waals surface area contributed by atoms with Crippen molar-refractivity contribution < 1.29 is 9.18 Å². The van der Waals surface area contributed by atoms with Crippen molar-refractivity contribution in [3.05, 3.63) is 87.8 Å². The van der Waals surface area contributed by atoms with Crippen LogP contribution in [0.1, 0.15) is 21.1 Å². The Morgan fingerprint density at radius 1 is 1.11 bits per heavy atom. The summed E-state index contributed by atoms with van der Waals surface area (Å²) < 4.78 is 12.9. The van der Waals surface area contributed by atoms with Crippen LogP contribution in [0.2, 0.25) is 0 Å². The van der Waals surface area contributed by atoms with Gasteiger partial charge in [0.05, 0.1) is 23.3 Å². The molecular weight excluding hydrogens is 373 g/mol. The average Bonchev–Trinajstić information content (AvgIpc) is 3.03. The molecule has 2 heterocycles. The maximum Gasteiger partial charge on any atom is 0.230 e. The fraction of sp³-hybridized carbons (Fsp3) is 0.136. The van der Waals surface area contributed by atoms with E-state index in [9.17, 15) is 9.18 Å². The number of anilines is 1. The van der Waals surface area contributed by atoms with Crippen molar-refractivity contribution in [2.75, 3.05) is 5.32 Å². The van der Waals surface area contributed by atoms with E-state index in [-0.39, 0.29) is 12.3 Å². The minimum Gasteiger partial charge on any atom is -0.310 e. The number of pyridine rings is 1. The monoisotopic (exact) mass is 391 g/mol. The highest BCUT2D eigenvalue weighted by Gasteiger charge is 2.13. The molecule has 0 spiro atoms. The molecule has 0 saturated heterocycles. The first-order valence-corrected chi connectivity index (χ1v) is 9.73. The van der Waals surface area contributed by atoms with Gasteiger partial charge in [0.2, 0.25) is 5.91 Å². The molecule has 0 radical (unpaired) electrons. The molecule has 4 nitrogen and oxygen atoms in total. The lowest BCUT2D eigenvalue weighted by atomic mass is 10.0. The van der Waals surface area contributed by atoms with Gasteiger partial charge in [0, 0.05) is 11.3 Å². The third-order valence-corrected chi connectivity index (χ3v) is 5.63. The molecule has 4 aromatic rings. The molecule has 0 bridgehead atoms. The largest absolute Gasteiger partial charge is 0.310 e. The van der Waals surface area contributed by atoms with E-state index in [4.69, 9.17) is 0 Å². The van der Waals surface area contributed by atoms with E-state index in [0.717, 1.165) is 28.2 Å². The molecule has 0 fully saturated rings. The van der Waals surface area contributed by atoms with Crippen molar-refractivity contribution >= 4 is 33.8 Å². The molecular formula is C22H18FN3OS. The maximum absolute atomic E-state index is 12.9. The van der Waals surface area contributed by atoms with E-state index in [0.29, 0.717) is 5.82 Å². The molecule has 0 saturated carbocycles. The quantitative estimate of drug-likeness (QED) is 0.526. The number of aryl methyl sites for hydroxylation is 1. The Balaban J connectivity index is 1.49. The number of carbonyl (C=O) groups is 1. The fourth-order valence-electron chi connectivity index (χ4n) is 3.12. The molecule has 0 aliphatic rings. The number of rotatable bonds is 5. The lowest BCUT2D eigenvalue weighted by Gasteiger charge is -2.04. The highest BCUT2D eigenvalue weighted by molar-refractivity contribution is 7.11. The maximum atomic E-state index is 12.9. The number of nitrogens with one attached hydrogen (secondary N) is 1. The van der Waals surface area contributed by atoms with Crippen LogP contribution in [0.15, 0.2) is 60.8 Å². The summed E-state index contributed by atoms with van der Waals surface area (Å²) in [6, 6.07) is 17.3. The van der Waals surface area contributed by atoms with E-state index in [1.165, 1.54) is 28.5 Å². The first-order chi connectivity index (χ1) is 13.6. The summed E-state index contributed by atoms with van der Waals surface area (Å²) in [6.07, 6.45) is 2.03. The zero-order valence-electron chi connectivity index (χ0n) is 15.3. The zero-order valence-corrected chi connectivity index (χ0v) is 16.1. The van der Waals surface area contributed by atoms with E-state index < -0.39 is 5.82 Å². The van der Waals surface area contributed by atoms with Crippen molar-refractivity contribution in [3.63, 3.8) is 0 Å². The fourth-order valence-corrected chi connectivity index (χ4v) is 4.21. The van der Waals surface area contributed by atoms with Crippen molar-refractivity contribution in [3.8, 4) is 0 Å². The second-order valence-corrected chi connectivity index (χ2v) is 7.69. The molecule has 0 atom stereocenters. The zero-order chi connectivity index (χ0) is 19.5. The Hall–Kier alpha value is -3.12. The van der Waals surface area contributed by atoms with Crippen molar-refractivity contribution in [2.24, 2.45) is 0 Å². The molecule has 28 heavy (non-hydrogen) atoms. The summed E-state index contributed by atoms with van der Waals surface area (Å²) in [5, 5.41) is 6.10. The van der Waals surface area contributed by atoms with Crippen LogP contribution >= 0.6 is 11.3 Å². The Kier molecular flexibility index (Phi) is 5.12. The SMILES string of the molecule is Cc1nc(Cc2cccc3ccccc23)sc1CC(=O)Nc1ccc(F)cn1. The third kappa shape index (κ3) is 4.07. The number of carbonyl (C=O) groups excluding carboxylic acids is 1. The van der Waals surface area contributed by atoms with E-state index in [2.05, 4.69) is 45.6 Å². The number of benzene rings is 2. The van der Waals surface area contributed by atoms with Crippen LogP contribution in [0.4, 0.5) is 10.2 Å². The standard InChI is InChI=1S/C22H18FN3OS/c1-14-19(12-21(27)26-20-10-9-17(23)13-24-20)28-22(25-14)11-16-7-4-6-15-5-2-3-8-18(15)16/h2-10,13H,11-12H2,1H3,(H,24,26,27). The van der Waals surface area contributed by atoms with Gasteiger partial charge in [0.25, 0.3) is 0 Å². The number of thiazole rings is 1. The lowest BCUT2D eigenvalue weighted by molar-refractivity contribution is -0.115. The molecule has 140 valence electrons. The lowest BCUT2D eigenvalue weighted by Crippen LogP contribution is -2.15. The van der Waals surface area contributed by atoms with Crippen LogP contribution in [0.5, 0.6) is 0 Å². The summed E-state index contributed by atoms with van der Waals surface area (Å²) in [7, 11) is 0. The van der Waals surface area contributed by atoms with Gasteiger partial charge < -0.3 is 5.32 Å². The number of aromatic nitrogens is 2. The summed E-state index contributed by atoms with van der Waals surface area (Å²) in [5.74, 6) is -0.290. The Labute approximate surface area is 166 Å². The normalized spacial score (nSPS) is 10.9. The smallest absolute Gasteiger partial charge is 0.230 e. The second-order valence-electron chi connectivity index (χ2n) is 6.52. The molecule has 1 amide bonds. The van der Waals surface area contributed by atoms with Gasteiger partial charge in [-0.05, 0) is 35.4 Å². The summed E-state index contributed by atoms with van der Waals surface area (Å²) in [4.78, 5) is 21.7. The first kappa shape index (κ1) is 18.3. The first-order valence-electron chi connectivity index (χ1n) is 8.92. The third-order valence-electron chi connectivity index (χ3n) is 4.47. The summed E-state index contributed by atoms with van der Waals surface area (Å²) >= 11 is 1.55. The van der Waals surface area contributed by atoms with Gasteiger partial charge in [-0.3, -0.25) is 4.79 Å². The van der Waals surface area contributed by atoms with Gasteiger partial charge >= 0.3 is 0 Å². The average molecular weight is 391 g/mol. The van der Waals surface area contributed by atoms with Gasteiger partial charge in [0.15, 0.2) is 0 Å². The number of halogens is 1. The van der Waals surface area contributed by atoms with Crippen molar-refractivity contribution in [2.45, 2.75) is 19.8 Å². The predicted molar refractivity (Wildman–Crippen MR) is 110 cm³/mol. The van der Waals surface area contributed by atoms with Crippen molar-refractivity contribution in [1.82, 2.24) is 9.97 Å². The Bertz CT molecular complexity index is 1130. The molecule has 0 unspecified atom stereocenters. The van der Waals surface area contributed by atoms with E-state index >= 15 is 0 Å².